The Bertz CT molecular complexity index is 794. The van der Waals surface area contributed by atoms with Crippen molar-refractivity contribution in [2.24, 2.45) is 5.73 Å². The minimum absolute atomic E-state index is 0.136. The minimum Gasteiger partial charge on any atom is -0.481 e. The van der Waals surface area contributed by atoms with Crippen LogP contribution in [0.15, 0.2) is 36.4 Å². The highest BCUT2D eigenvalue weighted by molar-refractivity contribution is 6.33. The summed E-state index contributed by atoms with van der Waals surface area (Å²) in [6.07, 6.45) is -0.138. The Hall–Kier alpha value is -2.44. The summed E-state index contributed by atoms with van der Waals surface area (Å²) in [6, 6.07) is 8.58. The van der Waals surface area contributed by atoms with Crippen LogP contribution in [0.3, 0.4) is 0 Å². The first kappa shape index (κ1) is 17.9. The molecule has 0 saturated heterocycles. The van der Waals surface area contributed by atoms with Crippen LogP contribution in [0.2, 0.25) is 5.02 Å². The fourth-order valence-corrected chi connectivity index (χ4v) is 2.65. The van der Waals surface area contributed by atoms with Gasteiger partial charge in [-0.1, -0.05) is 23.7 Å². The SMILES string of the molecule is NCC(CC(=O)O)c1ccc(Cl)c(-c2ccc(F)c(C(=O)O)c2)c1. The number of rotatable bonds is 6. The lowest BCUT2D eigenvalue weighted by molar-refractivity contribution is -0.137. The maximum absolute atomic E-state index is 13.5. The van der Waals surface area contributed by atoms with Gasteiger partial charge in [0, 0.05) is 16.5 Å². The predicted octanol–water partition coefficient (Wildman–Crippen LogP) is 3.36. The quantitative estimate of drug-likeness (QED) is 0.740. The van der Waals surface area contributed by atoms with E-state index in [0.29, 0.717) is 21.7 Å². The van der Waals surface area contributed by atoms with Crippen LogP contribution in [-0.2, 0) is 4.79 Å². The van der Waals surface area contributed by atoms with E-state index in [1.54, 1.807) is 18.2 Å². The first-order valence-corrected chi connectivity index (χ1v) is 7.45. The van der Waals surface area contributed by atoms with Gasteiger partial charge in [0.2, 0.25) is 0 Å². The van der Waals surface area contributed by atoms with Gasteiger partial charge in [0.1, 0.15) is 5.82 Å². The van der Waals surface area contributed by atoms with Gasteiger partial charge in [0.25, 0.3) is 0 Å². The highest BCUT2D eigenvalue weighted by Gasteiger charge is 2.17. The van der Waals surface area contributed by atoms with E-state index in [4.69, 9.17) is 27.5 Å². The fourth-order valence-electron chi connectivity index (χ4n) is 2.42. The van der Waals surface area contributed by atoms with Crippen LogP contribution in [0.4, 0.5) is 4.39 Å². The average Bonchev–Trinajstić information content (AvgIpc) is 2.53. The molecule has 0 aliphatic rings. The maximum atomic E-state index is 13.5. The number of carbonyl (C=O) groups is 2. The molecule has 0 saturated carbocycles. The predicted molar refractivity (Wildman–Crippen MR) is 87.9 cm³/mol. The van der Waals surface area contributed by atoms with E-state index in [1.165, 1.54) is 12.1 Å². The average molecular weight is 352 g/mol. The molecule has 0 fully saturated rings. The summed E-state index contributed by atoms with van der Waals surface area (Å²) in [5.41, 5.74) is 6.75. The van der Waals surface area contributed by atoms with Gasteiger partial charge in [-0.2, -0.15) is 0 Å². The Morgan fingerprint density at radius 2 is 1.88 bits per heavy atom. The fraction of sp³-hybridized carbons (Fsp3) is 0.176. The van der Waals surface area contributed by atoms with Crippen molar-refractivity contribution in [2.45, 2.75) is 12.3 Å². The van der Waals surface area contributed by atoms with Gasteiger partial charge in [-0.15, -0.1) is 0 Å². The summed E-state index contributed by atoms with van der Waals surface area (Å²) in [5.74, 6) is -3.61. The molecule has 0 heterocycles. The zero-order valence-electron chi connectivity index (χ0n) is 12.5. The largest absolute Gasteiger partial charge is 0.481 e. The molecule has 0 spiro atoms. The third-order valence-corrected chi connectivity index (χ3v) is 4.00. The van der Waals surface area contributed by atoms with Crippen LogP contribution in [-0.4, -0.2) is 28.7 Å². The normalized spacial score (nSPS) is 12.0. The molecule has 1 unspecified atom stereocenters. The molecule has 0 aliphatic heterocycles. The van der Waals surface area contributed by atoms with E-state index in [2.05, 4.69) is 0 Å². The molecule has 7 heteroatoms. The molecule has 2 aromatic rings. The van der Waals surface area contributed by atoms with Crippen LogP contribution in [0, 0.1) is 5.82 Å². The standard InChI is InChI=1S/C17H15ClFNO4/c18-14-3-1-9(11(8-20)7-16(21)22)5-12(14)10-2-4-15(19)13(6-10)17(23)24/h1-6,11H,7-8,20H2,(H,21,22)(H,23,24). The Labute approximate surface area is 142 Å². The third kappa shape index (κ3) is 3.90. The molecule has 2 rings (SSSR count). The van der Waals surface area contributed by atoms with E-state index >= 15 is 0 Å². The van der Waals surface area contributed by atoms with E-state index in [1.807, 2.05) is 0 Å². The molecule has 0 radical (unpaired) electrons. The number of aliphatic carboxylic acids is 1. The Balaban J connectivity index is 2.51. The van der Waals surface area contributed by atoms with Crippen molar-refractivity contribution in [2.75, 3.05) is 6.54 Å². The molecular weight excluding hydrogens is 337 g/mol. The van der Waals surface area contributed by atoms with Gasteiger partial charge in [0.05, 0.1) is 12.0 Å². The minimum atomic E-state index is -1.38. The number of halogens is 2. The molecule has 0 aromatic heterocycles. The molecule has 0 amide bonds. The molecule has 24 heavy (non-hydrogen) atoms. The Morgan fingerprint density at radius 1 is 1.17 bits per heavy atom. The summed E-state index contributed by atoms with van der Waals surface area (Å²) < 4.78 is 13.5. The smallest absolute Gasteiger partial charge is 0.338 e. The molecule has 2 aromatic carbocycles. The van der Waals surface area contributed by atoms with Gasteiger partial charge in [-0.05, 0) is 41.9 Å². The third-order valence-electron chi connectivity index (χ3n) is 3.68. The summed E-state index contributed by atoms with van der Waals surface area (Å²) in [4.78, 5) is 22.0. The van der Waals surface area contributed by atoms with Crippen molar-refractivity contribution in [1.29, 1.82) is 0 Å². The van der Waals surface area contributed by atoms with Crippen LogP contribution in [0.25, 0.3) is 11.1 Å². The molecule has 0 bridgehead atoms. The van der Waals surface area contributed by atoms with Gasteiger partial charge < -0.3 is 15.9 Å². The van der Waals surface area contributed by atoms with Gasteiger partial charge in [-0.3, -0.25) is 4.79 Å². The van der Waals surface area contributed by atoms with Crippen LogP contribution >= 0.6 is 11.6 Å². The number of carboxylic acid groups (broad SMARTS) is 2. The van der Waals surface area contributed by atoms with Crippen molar-refractivity contribution >= 4 is 23.5 Å². The van der Waals surface area contributed by atoms with Crippen molar-refractivity contribution in [3.05, 3.63) is 58.4 Å². The van der Waals surface area contributed by atoms with E-state index in [9.17, 15) is 14.0 Å². The second-order valence-corrected chi connectivity index (χ2v) is 5.68. The van der Waals surface area contributed by atoms with Crippen molar-refractivity contribution < 1.29 is 24.2 Å². The van der Waals surface area contributed by atoms with Gasteiger partial charge in [-0.25, -0.2) is 9.18 Å². The van der Waals surface area contributed by atoms with Crippen molar-refractivity contribution in [3.63, 3.8) is 0 Å². The van der Waals surface area contributed by atoms with Crippen LogP contribution in [0.5, 0.6) is 0 Å². The summed E-state index contributed by atoms with van der Waals surface area (Å²) in [5, 5.41) is 18.3. The molecular formula is C17H15ClFNO4. The summed E-state index contributed by atoms with van der Waals surface area (Å²) in [6.45, 7) is 0.136. The van der Waals surface area contributed by atoms with Gasteiger partial charge in [0.15, 0.2) is 0 Å². The summed E-state index contributed by atoms with van der Waals surface area (Å²) >= 11 is 6.17. The number of nitrogens with two attached hydrogens (primary N) is 1. The number of hydrogen-bond donors (Lipinski definition) is 3. The second kappa shape index (κ2) is 7.42. The maximum Gasteiger partial charge on any atom is 0.338 e. The zero-order chi connectivity index (χ0) is 17.9. The van der Waals surface area contributed by atoms with E-state index in [0.717, 1.165) is 6.07 Å². The monoisotopic (exact) mass is 351 g/mol. The summed E-state index contributed by atoms with van der Waals surface area (Å²) in [7, 11) is 0. The topological polar surface area (TPSA) is 101 Å². The molecule has 4 N–H and O–H groups in total. The van der Waals surface area contributed by atoms with E-state index < -0.39 is 29.2 Å². The first-order chi connectivity index (χ1) is 11.3. The number of hydrogen-bond acceptors (Lipinski definition) is 3. The van der Waals surface area contributed by atoms with Crippen molar-refractivity contribution in [3.8, 4) is 11.1 Å². The molecule has 1 atom stereocenters. The Kier molecular flexibility index (Phi) is 5.54. The van der Waals surface area contributed by atoms with Gasteiger partial charge >= 0.3 is 11.9 Å². The highest BCUT2D eigenvalue weighted by atomic mass is 35.5. The lowest BCUT2D eigenvalue weighted by Crippen LogP contribution is -2.16. The lowest BCUT2D eigenvalue weighted by atomic mass is 9.92. The Morgan fingerprint density at radius 3 is 2.46 bits per heavy atom. The van der Waals surface area contributed by atoms with Crippen LogP contribution in [0.1, 0.15) is 28.3 Å². The molecule has 0 aliphatic carbocycles. The lowest BCUT2D eigenvalue weighted by Gasteiger charge is -2.15. The number of aromatic carboxylic acids is 1. The van der Waals surface area contributed by atoms with Crippen LogP contribution < -0.4 is 5.73 Å². The number of benzene rings is 2. The second-order valence-electron chi connectivity index (χ2n) is 5.27. The van der Waals surface area contributed by atoms with E-state index in [-0.39, 0.29) is 13.0 Å². The number of carboxylic acids is 2. The molecule has 5 nitrogen and oxygen atoms in total. The first-order valence-electron chi connectivity index (χ1n) is 7.08. The molecule has 126 valence electrons. The zero-order valence-corrected chi connectivity index (χ0v) is 13.3. The highest BCUT2D eigenvalue weighted by Crippen LogP contribution is 2.33. The van der Waals surface area contributed by atoms with Crippen molar-refractivity contribution in [1.82, 2.24) is 0 Å².